The van der Waals surface area contributed by atoms with Gasteiger partial charge in [-0.05, 0) is 50.6 Å². The van der Waals surface area contributed by atoms with Crippen LogP contribution in [0.5, 0.6) is 0 Å². The van der Waals surface area contributed by atoms with E-state index in [1.807, 2.05) is 63.2 Å². The summed E-state index contributed by atoms with van der Waals surface area (Å²) >= 11 is 0. The molecule has 0 saturated heterocycles. The van der Waals surface area contributed by atoms with Gasteiger partial charge in [0.05, 0.1) is 18.4 Å². The highest BCUT2D eigenvalue weighted by atomic mass is 16.3. The quantitative estimate of drug-likeness (QED) is 0.648. The number of carbonyl (C=O) groups is 2. The summed E-state index contributed by atoms with van der Waals surface area (Å²) in [7, 11) is 0. The van der Waals surface area contributed by atoms with E-state index in [9.17, 15) is 9.59 Å². The van der Waals surface area contributed by atoms with Crippen LogP contribution in [0.15, 0.2) is 53.1 Å². The molecule has 2 heterocycles. The van der Waals surface area contributed by atoms with Crippen molar-refractivity contribution in [2.45, 2.75) is 40.8 Å². The van der Waals surface area contributed by atoms with Gasteiger partial charge in [-0.1, -0.05) is 18.2 Å². The lowest BCUT2D eigenvalue weighted by Gasteiger charge is -2.21. The van der Waals surface area contributed by atoms with Crippen LogP contribution in [0.4, 0.5) is 5.69 Å². The van der Waals surface area contributed by atoms with E-state index in [-0.39, 0.29) is 11.8 Å². The van der Waals surface area contributed by atoms with Gasteiger partial charge in [-0.15, -0.1) is 0 Å². The van der Waals surface area contributed by atoms with Gasteiger partial charge in [-0.2, -0.15) is 0 Å². The van der Waals surface area contributed by atoms with Crippen LogP contribution in [-0.2, 0) is 17.9 Å². The van der Waals surface area contributed by atoms with E-state index in [0.29, 0.717) is 30.9 Å². The molecule has 0 atom stereocenters. The van der Waals surface area contributed by atoms with Crippen molar-refractivity contribution < 1.29 is 14.0 Å². The van der Waals surface area contributed by atoms with Crippen LogP contribution in [0, 0.1) is 13.8 Å². The van der Waals surface area contributed by atoms with E-state index in [0.717, 1.165) is 22.7 Å². The number of aromatic nitrogens is 1. The van der Waals surface area contributed by atoms with Crippen molar-refractivity contribution in [2.75, 3.05) is 11.9 Å². The zero-order valence-corrected chi connectivity index (χ0v) is 17.4. The molecule has 0 spiro atoms. The third kappa shape index (κ3) is 4.59. The van der Waals surface area contributed by atoms with Gasteiger partial charge in [0.2, 0.25) is 5.91 Å². The van der Waals surface area contributed by atoms with Gasteiger partial charge in [-0.3, -0.25) is 9.59 Å². The molecule has 2 amide bonds. The zero-order chi connectivity index (χ0) is 21.0. The Hall–Kier alpha value is -3.28. The van der Waals surface area contributed by atoms with E-state index in [4.69, 9.17) is 4.42 Å². The maximum absolute atomic E-state index is 13.0. The number of nitrogens with zero attached hydrogens (tertiary/aromatic N) is 2. The van der Waals surface area contributed by atoms with Crippen LogP contribution in [-0.4, -0.2) is 27.8 Å². The average Bonchev–Trinajstić information content (AvgIpc) is 3.30. The number of nitrogens with one attached hydrogen (secondary N) is 1. The van der Waals surface area contributed by atoms with Crippen molar-refractivity contribution in [2.24, 2.45) is 0 Å². The average molecular weight is 393 g/mol. The molecular weight excluding hydrogens is 366 g/mol. The van der Waals surface area contributed by atoms with Gasteiger partial charge >= 0.3 is 0 Å². The molecule has 3 rings (SSSR count). The Kier molecular flexibility index (Phi) is 6.22. The van der Waals surface area contributed by atoms with Gasteiger partial charge < -0.3 is 19.2 Å². The summed E-state index contributed by atoms with van der Waals surface area (Å²) in [6.45, 7) is 9.07. The lowest BCUT2D eigenvalue weighted by molar-refractivity contribution is -0.129. The Morgan fingerprint density at radius 3 is 2.55 bits per heavy atom. The van der Waals surface area contributed by atoms with Gasteiger partial charge in [0.1, 0.15) is 5.76 Å². The second-order valence-electron chi connectivity index (χ2n) is 7.09. The Morgan fingerprint density at radius 2 is 1.90 bits per heavy atom. The number of carbonyl (C=O) groups excluding carboxylic acids is 2. The fraction of sp³-hybridized carbons (Fsp3) is 0.304. The van der Waals surface area contributed by atoms with Crippen molar-refractivity contribution in [3.8, 4) is 0 Å². The summed E-state index contributed by atoms with van der Waals surface area (Å²) in [6.07, 6.45) is 1.65. The van der Waals surface area contributed by atoms with E-state index in [1.165, 1.54) is 0 Å². The van der Waals surface area contributed by atoms with Crippen molar-refractivity contribution in [3.05, 3.63) is 77.0 Å². The molecule has 3 aromatic rings. The summed E-state index contributed by atoms with van der Waals surface area (Å²) in [4.78, 5) is 26.5. The zero-order valence-electron chi connectivity index (χ0n) is 17.4. The fourth-order valence-corrected chi connectivity index (χ4v) is 3.45. The molecule has 0 aliphatic rings. The lowest BCUT2D eigenvalue weighted by Crippen LogP contribution is -2.28. The van der Waals surface area contributed by atoms with Gasteiger partial charge in [-0.25, -0.2) is 0 Å². The molecule has 29 heavy (non-hydrogen) atoms. The molecule has 1 N–H and O–H groups in total. The second-order valence-corrected chi connectivity index (χ2v) is 7.09. The molecule has 1 aromatic carbocycles. The first-order valence-electron chi connectivity index (χ1n) is 9.74. The summed E-state index contributed by atoms with van der Waals surface area (Å²) in [6, 6.07) is 13.3. The van der Waals surface area contributed by atoms with Crippen molar-refractivity contribution in [1.29, 1.82) is 0 Å². The molecule has 0 radical (unpaired) electrons. The van der Waals surface area contributed by atoms with Crippen molar-refractivity contribution in [1.82, 2.24) is 9.47 Å². The van der Waals surface area contributed by atoms with Gasteiger partial charge in [0.15, 0.2) is 0 Å². The van der Waals surface area contributed by atoms with Crippen LogP contribution in [0.1, 0.15) is 46.9 Å². The van der Waals surface area contributed by atoms with Gasteiger partial charge in [0.25, 0.3) is 5.91 Å². The summed E-state index contributed by atoms with van der Waals surface area (Å²) < 4.78 is 7.51. The molecule has 6 nitrogen and oxygen atoms in total. The third-order valence-electron chi connectivity index (χ3n) is 5.17. The Morgan fingerprint density at radius 1 is 1.14 bits per heavy atom. The fourth-order valence-electron chi connectivity index (χ4n) is 3.45. The Bertz CT molecular complexity index is 1000. The first-order chi connectivity index (χ1) is 13.9. The standard InChI is InChI=1S/C23H27N3O3/c1-5-25(18(4)27)14-19-9-6-7-11-22(19)24-23(28)21-13-16(2)26(17(21)3)15-20-10-8-12-29-20/h6-13H,5,14-15H2,1-4H3,(H,24,28). The maximum Gasteiger partial charge on any atom is 0.257 e. The molecule has 0 aliphatic carbocycles. The number of anilines is 1. The first kappa shape index (κ1) is 20.5. The molecule has 0 unspecified atom stereocenters. The highest BCUT2D eigenvalue weighted by Crippen LogP contribution is 2.22. The second kappa shape index (κ2) is 8.82. The topological polar surface area (TPSA) is 67.5 Å². The monoisotopic (exact) mass is 393 g/mol. The van der Waals surface area contributed by atoms with E-state index < -0.39 is 0 Å². The Balaban J connectivity index is 1.82. The normalized spacial score (nSPS) is 10.8. The van der Waals surface area contributed by atoms with Crippen LogP contribution in [0.2, 0.25) is 0 Å². The molecule has 6 heteroatoms. The number of aryl methyl sites for hydroxylation is 1. The molecule has 0 aliphatic heterocycles. The highest BCUT2D eigenvalue weighted by molar-refractivity contribution is 6.05. The SMILES string of the molecule is CCN(Cc1ccccc1NC(=O)c1cc(C)n(Cc2ccco2)c1C)C(C)=O. The maximum atomic E-state index is 13.0. The number of hydrogen-bond donors (Lipinski definition) is 1. The van der Waals surface area contributed by atoms with Crippen LogP contribution in [0.3, 0.4) is 0 Å². The van der Waals surface area contributed by atoms with Gasteiger partial charge in [0, 0.05) is 37.1 Å². The number of amides is 2. The number of rotatable bonds is 7. The smallest absolute Gasteiger partial charge is 0.257 e. The molecule has 0 bridgehead atoms. The van der Waals surface area contributed by atoms with Crippen LogP contribution >= 0.6 is 0 Å². The summed E-state index contributed by atoms with van der Waals surface area (Å²) in [5.74, 6) is 0.685. The van der Waals surface area contributed by atoms with E-state index in [2.05, 4.69) is 9.88 Å². The molecule has 0 fully saturated rings. The van der Waals surface area contributed by atoms with E-state index in [1.54, 1.807) is 18.1 Å². The predicted molar refractivity (Wildman–Crippen MR) is 113 cm³/mol. The highest BCUT2D eigenvalue weighted by Gasteiger charge is 2.18. The van der Waals surface area contributed by atoms with Crippen LogP contribution < -0.4 is 5.32 Å². The van der Waals surface area contributed by atoms with Crippen molar-refractivity contribution >= 4 is 17.5 Å². The first-order valence-corrected chi connectivity index (χ1v) is 9.74. The van der Waals surface area contributed by atoms with Crippen LogP contribution in [0.25, 0.3) is 0 Å². The minimum Gasteiger partial charge on any atom is -0.467 e. The van der Waals surface area contributed by atoms with E-state index >= 15 is 0 Å². The molecule has 152 valence electrons. The largest absolute Gasteiger partial charge is 0.467 e. The number of hydrogen-bond acceptors (Lipinski definition) is 3. The molecule has 2 aromatic heterocycles. The Labute approximate surface area is 171 Å². The third-order valence-corrected chi connectivity index (χ3v) is 5.17. The minimum atomic E-state index is -0.165. The number of para-hydroxylation sites is 1. The molecular formula is C23H27N3O3. The summed E-state index contributed by atoms with van der Waals surface area (Å²) in [5.41, 5.74) is 4.12. The molecule has 0 saturated carbocycles. The summed E-state index contributed by atoms with van der Waals surface area (Å²) in [5, 5.41) is 3.02. The minimum absolute atomic E-state index is 0.00935. The number of benzene rings is 1. The lowest BCUT2D eigenvalue weighted by atomic mass is 10.1. The van der Waals surface area contributed by atoms with Crippen molar-refractivity contribution in [3.63, 3.8) is 0 Å². The number of furan rings is 1. The predicted octanol–water partition coefficient (Wildman–Crippen LogP) is 4.37.